The van der Waals surface area contributed by atoms with Crippen LogP contribution in [0.15, 0.2) is 24.5 Å². The van der Waals surface area contributed by atoms with Crippen molar-refractivity contribution in [3.05, 3.63) is 30.1 Å². The number of rotatable bonds is 2. The summed E-state index contributed by atoms with van der Waals surface area (Å²) in [5, 5.41) is 1.08. The monoisotopic (exact) mass is 165 g/mol. The number of carbonyl (C=O) groups is 1. The van der Waals surface area contributed by atoms with Crippen molar-refractivity contribution in [2.75, 3.05) is 7.05 Å². The lowest BCUT2D eigenvalue weighted by atomic mass is 10.2. The minimum Gasteiger partial charge on any atom is -0.284 e. The SMILES string of the molecule is CN(N)C(=O)Cc1cccnc1. The van der Waals surface area contributed by atoms with Crippen LogP contribution < -0.4 is 5.84 Å². The van der Waals surface area contributed by atoms with E-state index >= 15 is 0 Å². The molecule has 0 aliphatic heterocycles. The Kier molecular flexibility index (Phi) is 2.76. The van der Waals surface area contributed by atoms with Crippen molar-refractivity contribution in [2.45, 2.75) is 6.42 Å². The minimum absolute atomic E-state index is 0.122. The number of hydrogen-bond acceptors (Lipinski definition) is 3. The largest absolute Gasteiger partial charge is 0.284 e. The Morgan fingerprint density at radius 1 is 1.75 bits per heavy atom. The molecule has 1 rings (SSSR count). The fraction of sp³-hybridized carbons (Fsp3) is 0.250. The average molecular weight is 165 g/mol. The Morgan fingerprint density at radius 3 is 3.00 bits per heavy atom. The molecule has 0 aliphatic rings. The molecular weight excluding hydrogens is 154 g/mol. The third-order valence-electron chi connectivity index (χ3n) is 1.47. The smallest absolute Gasteiger partial charge is 0.240 e. The third-order valence-corrected chi connectivity index (χ3v) is 1.47. The number of amides is 1. The molecule has 1 aromatic rings. The standard InChI is InChI=1S/C8H11N3O/c1-11(9)8(12)5-7-3-2-4-10-6-7/h2-4,6H,5,9H2,1H3. The second kappa shape index (κ2) is 3.82. The number of carbonyl (C=O) groups excluding carboxylic acids is 1. The number of likely N-dealkylation sites (N-methyl/N-ethyl adjacent to an activating group) is 1. The second-order valence-corrected chi connectivity index (χ2v) is 2.54. The summed E-state index contributed by atoms with van der Waals surface area (Å²) in [4.78, 5) is 15.0. The molecule has 0 aromatic carbocycles. The van der Waals surface area contributed by atoms with Gasteiger partial charge in [-0.3, -0.25) is 14.8 Å². The van der Waals surface area contributed by atoms with Gasteiger partial charge in [-0.25, -0.2) is 5.84 Å². The molecule has 1 amide bonds. The first-order chi connectivity index (χ1) is 5.70. The molecule has 12 heavy (non-hydrogen) atoms. The first-order valence-electron chi connectivity index (χ1n) is 3.60. The maximum Gasteiger partial charge on any atom is 0.240 e. The molecule has 4 heteroatoms. The summed E-state index contributed by atoms with van der Waals surface area (Å²) in [7, 11) is 1.53. The van der Waals surface area contributed by atoms with E-state index in [0.717, 1.165) is 10.6 Å². The van der Waals surface area contributed by atoms with Gasteiger partial charge in [0.1, 0.15) is 0 Å². The molecule has 0 fully saturated rings. The van der Waals surface area contributed by atoms with Crippen LogP contribution in [0.4, 0.5) is 0 Å². The summed E-state index contributed by atoms with van der Waals surface area (Å²) in [5.41, 5.74) is 0.875. The fourth-order valence-electron chi connectivity index (χ4n) is 0.802. The lowest BCUT2D eigenvalue weighted by molar-refractivity contribution is -0.129. The predicted molar refractivity (Wildman–Crippen MR) is 44.9 cm³/mol. The number of hydrogen-bond donors (Lipinski definition) is 1. The quantitative estimate of drug-likeness (QED) is 0.380. The van der Waals surface area contributed by atoms with Gasteiger partial charge in [0.25, 0.3) is 0 Å². The lowest BCUT2D eigenvalue weighted by Gasteiger charge is -2.08. The molecule has 0 bridgehead atoms. The summed E-state index contributed by atoms with van der Waals surface area (Å²) < 4.78 is 0. The van der Waals surface area contributed by atoms with Crippen LogP contribution in [0.1, 0.15) is 5.56 Å². The highest BCUT2D eigenvalue weighted by Crippen LogP contribution is 1.97. The van der Waals surface area contributed by atoms with Crippen molar-refractivity contribution in [1.29, 1.82) is 0 Å². The molecule has 0 saturated heterocycles. The van der Waals surface area contributed by atoms with Gasteiger partial charge >= 0.3 is 0 Å². The van der Waals surface area contributed by atoms with Gasteiger partial charge in [0, 0.05) is 19.4 Å². The summed E-state index contributed by atoms with van der Waals surface area (Å²) in [6.45, 7) is 0. The van der Waals surface area contributed by atoms with Crippen LogP contribution in [0, 0.1) is 0 Å². The Bertz CT molecular complexity index is 258. The van der Waals surface area contributed by atoms with Gasteiger partial charge in [0.2, 0.25) is 5.91 Å². The van der Waals surface area contributed by atoms with E-state index in [0.29, 0.717) is 6.42 Å². The first-order valence-corrected chi connectivity index (χ1v) is 3.60. The molecule has 0 unspecified atom stereocenters. The number of hydrazine groups is 1. The Labute approximate surface area is 71.0 Å². The van der Waals surface area contributed by atoms with Crippen molar-refractivity contribution in [3.63, 3.8) is 0 Å². The first kappa shape index (κ1) is 8.67. The van der Waals surface area contributed by atoms with Crippen LogP contribution in [-0.2, 0) is 11.2 Å². The zero-order chi connectivity index (χ0) is 8.97. The van der Waals surface area contributed by atoms with E-state index in [2.05, 4.69) is 4.98 Å². The van der Waals surface area contributed by atoms with Crippen molar-refractivity contribution in [1.82, 2.24) is 9.99 Å². The number of nitrogens with zero attached hydrogens (tertiary/aromatic N) is 2. The second-order valence-electron chi connectivity index (χ2n) is 2.54. The number of aromatic nitrogens is 1. The van der Waals surface area contributed by atoms with E-state index in [1.165, 1.54) is 7.05 Å². The average Bonchev–Trinajstić information content (AvgIpc) is 2.06. The maximum atomic E-state index is 11.1. The Morgan fingerprint density at radius 2 is 2.50 bits per heavy atom. The predicted octanol–water partition coefficient (Wildman–Crippen LogP) is -0.0438. The van der Waals surface area contributed by atoms with Crippen LogP contribution in [0.3, 0.4) is 0 Å². The zero-order valence-corrected chi connectivity index (χ0v) is 6.90. The summed E-state index contributed by atoms with van der Waals surface area (Å²) >= 11 is 0. The maximum absolute atomic E-state index is 11.1. The Hall–Kier alpha value is -1.42. The molecule has 2 N–H and O–H groups in total. The lowest BCUT2D eigenvalue weighted by Crippen LogP contribution is -2.34. The van der Waals surface area contributed by atoms with E-state index in [-0.39, 0.29) is 5.91 Å². The van der Waals surface area contributed by atoms with Crippen LogP contribution in [0.2, 0.25) is 0 Å². The van der Waals surface area contributed by atoms with Gasteiger partial charge < -0.3 is 0 Å². The molecule has 64 valence electrons. The summed E-state index contributed by atoms with van der Waals surface area (Å²) in [6.07, 6.45) is 3.63. The molecule has 0 atom stereocenters. The van der Waals surface area contributed by atoms with Crippen molar-refractivity contribution in [2.24, 2.45) is 5.84 Å². The Balaban J connectivity index is 2.59. The zero-order valence-electron chi connectivity index (χ0n) is 6.90. The number of pyridine rings is 1. The fourth-order valence-corrected chi connectivity index (χ4v) is 0.802. The molecule has 4 nitrogen and oxygen atoms in total. The van der Waals surface area contributed by atoms with Gasteiger partial charge in [-0.15, -0.1) is 0 Å². The van der Waals surface area contributed by atoms with Crippen molar-refractivity contribution in [3.8, 4) is 0 Å². The van der Waals surface area contributed by atoms with Gasteiger partial charge in [0.05, 0.1) is 6.42 Å². The van der Waals surface area contributed by atoms with Crippen molar-refractivity contribution < 1.29 is 4.79 Å². The highest BCUT2D eigenvalue weighted by molar-refractivity contribution is 5.77. The van der Waals surface area contributed by atoms with Crippen LogP contribution in [0.25, 0.3) is 0 Å². The molecule has 0 saturated carbocycles. The topological polar surface area (TPSA) is 59.2 Å². The van der Waals surface area contributed by atoms with Gasteiger partial charge in [-0.1, -0.05) is 6.07 Å². The van der Waals surface area contributed by atoms with E-state index in [9.17, 15) is 4.79 Å². The van der Waals surface area contributed by atoms with Gasteiger partial charge in [0.15, 0.2) is 0 Å². The summed E-state index contributed by atoms with van der Waals surface area (Å²) in [5.74, 6) is 5.12. The molecular formula is C8H11N3O. The van der Waals surface area contributed by atoms with E-state index < -0.39 is 0 Å². The minimum atomic E-state index is -0.122. The van der Waals surface area contributed by atoms with E-state index in [4.69, 9.17) is 5.84 Å². The molecule has 0 spiro atoms. The third kappa shape index (κ3) is 2.32. The highest BCUT2D eigenvalue weighted by Gasteiger charge is 2.04. The van der Waals surface area contributed by atoms with Crippen LogP contribution >= 0.6 is 0 Å². The van der Waals surface area contributed by atoms with Crippen LogP contribution in [0.5, 0.6) is 0 Å². The summed E-state index contributed by atoms with van der Waals surface area (Å²) in [6, 6.07) is 3.63. The number of nitrogens with two attached hydrogens (primary N) is 1. The molecule has 1 heterocycles. The normalized spacial score (nSPS) is 9.50. The molecule has 1 aromatic heterocycles. The molecule has 0 aliphatic carbocycles. The van der Waals surface area contributed by atoms with Crippen molar-refractivity contribution >= 4 is 5.91 Å². The van der Waals surface area contributed by atoms with E-state index in [1.807, 2.05) is 6.07 Å². The van der Waals surface area contributed by atoms with Crippen LogP contribution in [-0.4, -0.2) is 22.9 Å². The van der Waals surface area contributed by atoms with E-state index in [1.54, 1.807) is 18.5 Å². The highest BCUT2D eigenvalue weighted by atomic mass is 16.2. The van der Waals surface area contributed by atoms with Gasteiger partial charge in [-0.05, 0) is 11.6 Å². The molecule has 0 radical (unpaired) electrons. The van der Waals surface area contributed by atoms with Gasteiger partial charge in [-0.2, -0.15) is 0 Å².